The maximum Gasteiger partial charge on any atom is 0.328 e. The van der Waals surface area contributed by atoms with E-state index in [2.05, 4.69) is 20.4 Å². The molecule has 1 amide bonds. The van der Waals surface area contributed by atoms with E-state index < -0.39 is 18.1 Å². The molecular weight excluding hydrogens is 284 g/mol. The molecule has 7 heteroatoms. The number of rotatable bonds is 3. The average Bonchev–Trinajstić information content (AvgIpc) is 3.04. The molecule has 2 aromatic rings. The molecule has 2 heterocycles. The Balaban J connectivity index is 1.75. The number of nitrogens with one attached hydrogen (secondary N) is 1. The minimum atomic E-state index is -0.578. The fourth-order valence-electron chi connectivity index (χ4n) is 2.54. The highest BCUT2D eigenvalue weighted by molar-refractivity contribution is 5.88. The Morgan fingerprint density at radius 3 is 2.77 bits per heavy atom. The van der Waals surface area contributed by atoms with Crippen LogP contribution in [-0.2, 0) is 14.3 Å². The Bertz CT molecular complexity index is 683. The minimum Gasteiger partial charge on any atom is -0.467 e. The lowest BCUT2D eigenvalue weighted by Gasteiger charge is -2.27. The molecule has 22 heavy (non-hydrogen) atoms. The Labute approximate surface area is 127 Å². The van der Waals surface area contributed by atoms with Crippen molar-refractivity contribution in [1.29, 1.82) is 0 Å². The summed E-state index contributed by atoms with van der Waals surface area (Å²) >= 11 is 0. The number of nitrogens with zero attached hydrogens (tertiary/aromatic N) is 3. The second-order valence-electron chi connectivity index (χ2n) is 5.13. The maximum atomic E-state index is 12.2. The summed E-state index contributed by atoms with van der Waals surface area (Å²) in [7, 11) is 1.31. The van der Waals surface area contributed by atoms with Crippen molar-refractivity contribution in [2.24, 2.45) is 0 Å². The predicted molar refractivity (Wildman–Crippen MR) is 77.7 cm³/mol. The van der Waals surface area contributed by atoms with E-state index in [1.165, 1.54) is 7.11 Å². The molecule has 114 valence electrons. The van der Waals surface area contributed by atoms with Crippen LogP contribution in [-0.4, -0.2) is 40.0 Å². The first kappa shape index (κ1) is 14.2. The summed E-state index contributed by atoms with van der Waals surface area (Å²) in [5, 5.41) is 10.8. The zero-order valence-electron chi connectivity index (χ0n) is 12.1. The van der Waals surface area contributed by atoms with Crippen molar-refractivity contribution in [1.82, 2.24) is 20.3 Å². The number of benzene rings is 1. The van der Waals surface area contributed by atoms with Crippen LogP contribution in [0.4, 0.5) is 0 Å². The van der Waals surface area contributed by atoms with E-state index in [1.807, 2.05) is 30.3 Å². The highest BCUT2D eigenvalue weighted by Gasteiger charge is 2.34. The number of hydrogen-bond donors (Lipinski definition) is 1. The highest BCUT2D eigenvalue weighted by Crippen LogP contribution is 2.23. The third-order valence-electron chi connectivity index (χ3n) is 3.73. The number of esters is 1. The van der Waals surface area contributed by atoms with Gasteiger partial charge in [0.2, 0.25) is 5.91 Å². The van der Waals surface area contributed by atoms with Crippen LogP contribution < -0.4 is 5.32 Å². The molecule has 0 aliphatic carbocycles. The molecule has 2 atom stereocenters. The maximum absolute atomic E-state index is 12.2. The lowest BCUT2D eigenvalue weighted by molar-refractivity contribution is -0.147. The van der Waals surface area contributed by atoms with E-state index >= 15 is 0 Å². The fourth-order valence-corrected chi connectivity index (χ4v) is 2.54. The first-order chi connectivity index (χ1) is 10.7. The second-order valence-corrected chi connectivity index (χ2v) is 5.13. The Kier molecular flexibility index (Phi) is 3.86. The van der Waals surface area contributed by atoms with Gasteiger partial charge in [-0.1, -0.05) is 35.5 Å². The summed E-state index contributed by atoms with van der Waals surface area (Å²) in [6.45, 7) is 0. The largest absolute Gasteiger partial charge is 0.467 e. The van der Waals surface area contributed by atoms with Gasteiger partial charge < -0.3 is 10.1 Å². The van der Waals surface area contributed by atoms with E-state index in [-0.39, 0.29) is 5.91 Å². The van der Waals surface area contributed by atoms with Crippen molar-refractivity contribution in [2.45, 2.75) is 24.9 Å². The lowest BCUT2D eigenvalue weighted by Crippen LogP contribution is -2.49. The summed E-state index contributed by atoms with van der Waals surface area (Å²) in [5.74, 6) is -0.665. The molecule has 1 fully saturated rings. The molecule has 1 aromatic carbocycles. The van der Waals surface area contributed by atoms with E-state index in [1.54, 1.807) is 10.9 Å². The van der Waals surface area contributed by atoms with Gasteiger partial charge in [0.25, 0.3) is 0 Å². The van der Waals surface area contributed by atoms with Gasteiger partial charge in [-0.05, 0) is 12.8 Å². The SMILES string of the molecule is COC(=O)C1CCC(n2cc(-c3ccccc3)nn2)C(=O)N1. The van der Waals surface area contributed by atoms with Crippen LogP contribution in [0.2, 0.25) is 0 Å². The van der Waals surface area contributed by atoms with Crippen LogP contribution in [0.5, 0.6) is 0 Å². The monoisotopic (exact) mass is 300 g/mol. The van der Waals surface area contributed by atoms with Gasteiger partial charge in [-0.15, -0.1) is 5.10 Å². The number of carbonyl (C=O) groups excluding carboxylic acids is 2. The number of methoxy groups -OCH3 is 1. The van der Waals surface area contributed by atoms with Gasteiger partial charge in [0, 0.05) is 5.56 Å². The fraction of sp³-hybridized carbons (Fsp3) is 0.333. The predicted octanol–water partition coefficient (Wildman–Crippen LogP) is 0.938. The smallest absolute Gasteiger partial charge is 0.328 e. The molecule has 1 aliphatic rings. The Morgan fingerprint density at radius 1 is 1.32 bits per heavy atom. The van der Waals surface area contributed by atoms with Gasteiger partial charge in [-0.2, -0.15) is 0 Å². The molecule has 7 nitrogen and oxygen atoms in total. The summed E-state index contributed by atoms with van der Waals surface area (Å²) < 4.78 is 6.20. The first-order valence-corrected chi connectivity index (χ1v) is 7.04. The number of aromatic nitrogens is 3. The molecule has 1 aliphatic heterocycles. The van der Waals surface area contributed by atoms with Crippen LogP contribution >= 0.6 is 0 Å². The van der Waals surface area contributed by atoms with Crippen LogP contribution in [0, 0.1) is 0 Å². The molecule has 0 saturated carbocycles. The van der Waals surface area contributed by atoms with E-state index in [0.29, 0.717) is 18.5 Å². The van der Waals surface area contributed by atoms with E-state index in [0.717, 1.165) is 5.56 Å². The van der Waals surface area contributed by atoms with Crippen LogP contribution in [0.15, 0.2) is 36.5 Å². The van der Waals surface area contributed by atoms with Crippen molar-refractivity contribution in [3.63, 3.8) is 0 Å². The van der Waals surface area contributed by atoms with Crippen molar-refractivity contribution >= 4 is 11.9 Å². The highest BCUT2D eigenvalue weighted by atomic mass is 16.5. The van der Waals surface area contributed by atoms with Gasteiger partial charge >= 0.3 is 5.97 Å². The quantitative estimate of drug-likeness (QED) is 0.852. The van der Waals surface area contributed by atoms with Crippen LogP contribution in [0.1, 0.15) is 18.9 Å². The molecule has 0 bridgehead atoms. The lowest BCUT2D eigenvalue weighted by atomic mass is 10.00. The normalized spacial score (nSPS) is 21.2. The average molecular weight is 300 g/mol. The zero-order valence-corrected chi connectivity index (χ0v) is 12.1. The van der Waals surface area contributed by atoms with E-state index in [4.69, 9.17) is 0 Å². The Hall–Kier alpha value is -2.70. The van der Waals surface area contributed by atoms with Gasteiger partial charge in [0.1, 0.15) is 17.8 Å². The van der Waals surface area contributed by atoms with Gasteiger partial charge in [0.05, 0.1) is 13.3 Å². The van der Waals surface area contributed by atoms with Gasteiger partial charge in [-0.3, -0.25) is 4.79 Å². The molecule has 0 spiro atoms. The van der Waals surface area contributed by atoms with Gasteiger partial charge in [0.15, 0.2) is 0 Å². The number of piperidine rings is 1. The molecule has 0 radical (unpaired) electrons. The first-order valence-electron chi connectivity index (χ1n) is 7.04. The van der Waals surface area contributed by atoms with Crippen molar-refractivity contribution < 1.29 is 14.3 Å². The molecule has 1 saturated heterocycles. The summed E-state index contributed by atoms with van der Waals surface area (Å²) in [6.07, 6.45) is 2.78. The van der Waals surface area contributed by atoms with Crippen molar-refractivity contribution in [3.05, 3.63) is 36.5 Å². The third kappa shape index (κ3) is 2.69. The summed E-state index contributed by atoms with van der Waals surface area (Å²) in [6, 6.07) is 8.60. The van der Waals surface area contributed by atoms with Crippen molar-refractivity contribution in [3.8, 4) is 11.3 Å². The molecular formula is C15H16N4O3. The topological polar surface area (TPSA) is 86.1 Å². The molecule has 3 rings (SSSR count). The summed E-state index contributed by atoms with van der Waals surface area (Å²) in [4.78, 5) is 23.6. The number of carbonyl (C=O) groups is 2. The van der Waals surface area contributed by atoms with Gasteiger partial charge in [-0.25, -0.2) is 9.48 Å². The molecule has 1 aromatic heterocycles. The molecule has 1 N–H and O–H groups in total. The van der Waals surface area contributed by atoms with Crippen LogP contribution in [0.3, 0.4) is 0 Å². The zero-order chi connectivity index (χ0) is 15.5. The second kappa shape index (κ2) is 5.97. The molecule has 2 unspecified atom stereocenters. The number of hydrogen-bond acceptors (Lipinski definition) is 5. The third-order valence-corrected chi connectivity index (χ3v) is 3.73. The Morgan fingerprint density at radius 2 is 2.09 bits per heavy atom. The van der Waals surface area contributed by atoms with Crippen LogP contribution in [0.25, 0.3) is 11.3 Å². The number of ether oxygens (including phenoxy) is 1. The van der Waals surface area contributed by atoms with E-state index in [9.17, 15) is 9.59 Å². The minimum absolute atomic E-state index is 0.244. The summed E-state index contributed by atoms with van der Waals surface area (Å²) in [5.41, 5.74) is 1.65. The number of amides is 1. The standard InChI is InChI=1S/C15H16N4O3/c1-22-15(21)11-7-8-13(14(20)16-11)19-9-12(17-18-19)10-5-3-2-4-6-10/h2-6,9,11,13H,7-8H2,1H3,(H,16,20). The van der Waals surface area contributed by atoms with Crippen molar-refractivity contribution in [2.75, 3.05) is 7.11 Å².